The van der Waals surface area contributed by atoms with E-state index in [9.17, 15) is 19.7 Å². The van der Waals surface area contributed by atoms with Crippen LogP contribution in [0.2, 0.25) is 0 Å². The van der Waals surface area contributed by atoms with Crippen LogP contribution in [0.4, 0.5) is 10.8 Å². The molecule has 1 amide bonds. The van der Waals surface area contributed by atoms with Crippen LogP contribution in [0.15, 0.2) is 46.7 Å². The first kappa shape index (κ1) is 20.0. The lowest BCUT2D eigenvalue weighted by Crippen LogP contribution is -2.26. The Bertz CT molecular complexity index is 1120. The molecular weight excluding hydrogens is 400 g/mol. The van der Waals surface area contributed by atoms with E-state index in [2.05, 4.69) is 10.3 Å². The molecule has 0 bridgehead atoms. The monoisotopic (exact) mass is 416 g/mol. The van der Waals surface area contributed by atoms with Crippen LogP contribution >= 0.6 is 11.3 Å². The minimum absolute atomic E-state index is 0.277. The number of benzene rings is 1. The van der Waals surface area contributed by atoms with Crippen LogP contribution in [0.1, 0.15) is 0 Å². The van der Waals surface area contributed by atoms with Gasteiger partial charge in [0.05, 0.1) is 31.0 Å². The summed E-state index contributed by atoms with van der Waals surface area (Å²) in [5.74, 6) is 0.669. The predicted molar refractivity (Wildman–Crippen MR) is 107 cm³/mol. The maximum absolute atomic E-state index is 12.3. The zero-order chi connectivity index (χ0) is 21.0. The number of aromatic nitrogens is 2. The van der Waals surface area contributed by atoms with Gasteiger partial charge >= 0.3 is 0 Å². The molecule has 2 aromatic heterocycles. The van der Waals surface area contributed by atoms with Crippen molar-refractivity contribution in [2.75, 3.05) is 19.5 Å². The molecule has 150 valence electrons. The lowest BCUT2D eigenvalue weighted by molar-refractivity contribution is -0.385. The number of hydrogen-bond donors (Lipinski definition) is 1. The van der Waals surface area contributed by atoms with E-state index >= 15 is 0 Å². The number of methoxy groups -OCH3 is 2. The number of hydrogen-bond acceptors (Lipinski definition) is 8. The number of nitrogens with zero attached hydrogens (tertiary/aromatic N) is 3. The first-order valence-corrected chi connectivity index (χ1v) is 9.12. The molecule has 0 spiro atoms. The van der Waals surface area contributed by atoms with E-state index in [4.69, 9.17) is 9.47 Å². The van der Waals surface area contributed by atoms with Gasteiger partial charge in [-0.3, -0.25) is 24.3 Å². The van der Waals surface area contributed by atoms with Crippen molar-refractivity contribution in [2.24, 2.45) is 0 Å². The summed E-state index contributed by atoms with van der Waals surface area (Å²) in [6, 6.07) is 7.42. The number of nitro groups is 1. The molecule has 0 fully saturated rings. The molecule has 3 aromatic rings. The average molecular weight is 416 g/mol. The number of anilines is 1. The first-order chi connectivity index (χ1) is 13.9. The maximum atomic E-state index is 12.3. The number of nitrogens with one attached hydrogen (secondary N) is 1. The molecule has 0 saturated heterocycles. The second kappa shape index (κ2) is 8.52. The summed E-state index contributed by atoms with van der Waals surface area (Å²) in [5, 5.41) is 15.5. The van der Waals surface area contributed by atoms with Crippen molar-refractivity contribution >= 4 is 28.1 Å². The SMILES string of the molecule is COc1ccc(-c2csc(NC(=O)Cn3cc([N+](=O)[O-])ccc3=O)n2)c(OC)c1. The van der Waals surface area contributed by atoms with E-state index < -0.39 is 16.4 Å². The fourth-order valence-corrected chi connectivity index (χ4v) is 3.26. The van der Waals surface area contributed by atoms with E-state index in [1.165, 1.54) is 18.4 Å². The normalized spacial score (nSPS) is 10.4. The van der Waals surface area contributed by atoms with Gasteiger partial charge in [0, 0.05) is 29.1 Å². The largest absolute Gasteiger partial charge is 0.497 e. The van der Waals surface area contributed by atoms with Crippen LogP contribution in [0.3, 0.4) is 0 Å². The number of carbonyl (C=O) groups excluding carboxylic acids is 1. The fraction of sp³-hybridized carbons (Fsp3) is 0.167. The van der Waals surface area contributed by atoms with Gasteiger partial charge < -0.3 is 14.8 Å². The molecular formula is C18H16N4O6S. The van der Waals surface area contributed by atoms with Gasteiger partial charge in [0.15, 0.2) is 5.13 Å². The van der Waals surface area contributed by atoms with Crippen LogP contribution in [0, 0.1) is 10.1 Å². The van der Waals surface area contributed by atoms with Crippen LogP contribution < -0.4 is 20.3 Å². The molecule has 29 heavy (non-hydrogen) atoms. The van der Waals surface area contributed by atoms with E-state index in [-0.39, 0.29) is 12.2 Å². The van der Waals surface area contributed by atoms with E-state index in [1.54, 1.807) is 30.7 Å². The summed E-state index contributed by atoms with van der Waals surface area (Å²) in [7, 11) is 3.09. The first-order valence-electron chi connectivity index (χ1n) is 8.24. The lowest BCUT2D eigenvalue weighted by Gasteiger charge is -2.08. The molecule has 0 unspecified atom stereocenters. The Balaban J connectivity index is 1.76. The standard InChI is InChI=1S/C18H16N4O6S/c1-27-12-4-5-13(15(7-12)28-2)14-10-29-18(19-14)20-16(23)9-21-8-11(22(25)26)3-6-17(21)24/h3-8,10H,9H2,1-2H3,(H,19,20,23). The average Bonchev–Trinajstić information content (AvgIpc) is 3.16. The molecule has 0 aliphatic rings. The summed E-state index contributed by atoms with van der Waals surface area (Å²) in [6.45, 7) is -0.374. The summed E-state index contributed by atoms with van der Waals surface area (Å²) >= 11 is 1.20. The van der Waals surface area contributed by atoms with Crippen molar-refractivity contribution in [1.82, 2.24) is 9.55 Å². The highest BCUT2D eigenvalue weighted by molar-refractivity contribution is 7.14. The Kier molecular flexibility index (Phi) is 5.88. The third-order valence-electron chi connectivity index (χ3n) is 3.93. The lowest BCUT2D eigenvalue weighted by atomic mass is 10.1. The van der Waals surface area contributed by atoms with Crippen LogP contribution in [0.5, 0.6) is 11.5 Å². The van der Waals surface area contributed by atoms with E-state index in [0.717, 1.165) is 28.5 Å². The van der Waals surface area contributed by atoms with Crippen molar-refractivity contribution in [3.05, 3.63) is 62.4 Å². The molecule has 0 radical (unpaired) electrons. The summed E-state index contributed by atoms with van der Waals surface area (Å²) in [4.78, 5) is 38.6. The number of rotatable bonds is 7. The molecule has 10 nitrogen and oxygen atoms in total. The molecule has 0 saturated carbocycles. The number of amides is 1. The third-order valence-corrected chi connectivity index (χ3v) is 4.69. The quantitative estimate of drug-likeness (QED) is 0.463. The van der Waals surface area contributed by atoms with E-state index in [1.807, 2.05) is 0 Å². The highest BCUT2D eigenvalue weighted by atomic mass is 32.1. The Morgan fingerprint density at radius 3 is 2.76 bits per heavy atom. The second-order valence-electron chi connectivity index (χ2n) is 5.76. The zero-order valence-electron chi connectivity index (χ0n) is 15.4. The van der Waals surface area contributed by atoms with Gasteiger partial charge in [-0.15, -0.1) is 11.3 Å². The number of thiazole rings is 1. The number of ether oxygens (including phenoxy) is 2. The second-order valence-corrected chi connectivity index (χ2v) is 6.62. The summed E-state index contributed by atoms with van der Waals surface area (Å²) in [6.07, 6.45) is 1.03. The van der Waals surface area contributed by atoms with Gasteiger partial charge in [0.25, 0.3) is 11.2 Å². The molecule has 0 atom stereocenters. The van der Waals surface area contributed by atoms with Gasteiger partial charge in [-0.05, 0) is 12.1 Å². The molecule has 1 N–H and O–H groups in total. The summed E-state index contributed by atoms with van der Waals surface area (Å²) < 4.78 is 11.5. The van der Waals surface area contributed by atoms with Crippen LogP contribution in [0.25, 0.3) is 11.3 Å². The van der Waals surface area contributed by atoms with Crippen molar-refractivity contribution in [3.63, 3.8) is 0 Å². The number of carbonyl (C=O) groups is 1. The smallest absolute Gasteiger partial charge is 0.285 e. The Labute approximate surface area is 168 Å². The highest BCUT2D eigenvalue weighted by Gasteiger charge is 2.14. The number of pyridine rings is 1. The molecule has 11 heteroatoms. The minimum atomic E-state index is -0.636. The zero-order valence-corrected chi connectivity index (χ0v) is 16.3. The van der Waals surface area contributed by atoms with Gasteiger partial charge in [-0.1, -0.05) is 0 Å². The molecule has 0 aliphatic heterocycles. The fourth-order valence-electron chi connectivity index (χ4n) is 2.53. The highest BCUT2D eigenvalue weighted by Crippen LogP contribution is 2.34. The van der Waals surface area contributed by atoms with Gasteiger partial charge in [-0.2, -0.15) is 0 Å². The molecule has 3 rings (SSSR count). The minimum Gasteiger partial charge on any atom is -0.497 e. The van der Waals surface area contributed by atoms with Gasteiger partial charge in [0.2, 0.25) is 5.91 Å². The molecule has 0 aliphatic carbocycles. The topological polar surface area (TPSA) is 126 Å². The van der Waals surface area contributed by atoms with Crippen molar-refractivity contribution < 1.29 is 19.2 Å². The predicted octanol–water partition coefficient (Wildman–Crippen LogP) is 2.54. The molecule has 2 heterocycles. The third kappa shape index (κ3) is 4.58. The van der Waals surface area contributed by atoms with Crippen molar-refractivity contribution in [3.8, 4) is 22.8 Å². The van der Waals surface area contributed by atoms with Crippen LogP contribution in [-0.4, -0.2) is 34.6 Å². The van der Waals surface area contributed by atoms with Crippen LogP contribution in [-0.2, 0) is 11.3 Å². The summed E-state index contributed by atoms with van der Waals surface area (Å²) in [5.41, 5.74) is 0.520. The van der Waals surface area contributed by atoms with Gasteiger partial charge in [0.1, 0.15) is 18.0 Å². The Morgan fingerprint density at radius 2 is 2.07 bits per heavy atom. The Morgan fingerprint density at radius 1 is 1.28 bits per heavy atom. The maximum Gasteiger partial charge on any atom is 0.285 e. The van der Waals surface area contributed by atoms with E-state index in [0.29, 0.717) is 22.3 Å². The van der Waals surface area contributed by atoms with Crippen molar-refractivity contribution in [2.45, 2.75) is 6.54 Å². The van der Waals surface area contributed by atoms with Gasteiger partial charge in [-0.25, -0.2) is 4.98 Å². The Hall–Kier alpha value is -3.73. The van der Waals surface area contributed by atoms with Crippen molar-refractivity contribution in [1.29, 1.82) is 0 Å². The molecule has 1 aromatic carbocycles.